The van der Waals surface area contributed by atoms with Crippen LogP contribution in [0, 0.1) is 0 Å². The van der Waals surface area contributed by atoms with Crippen LogP contribution in [0.1, 0.15) is 32.2 Å². The van der Waals surface area contributed by atoms with Gasteiger partial charge in [0, 0.05) is 18.4 Å². The van der Waals surface area contributed by atoms with Crippen molar-refractivity contribution in [3.05, 3.63) is 22.9 Å². The summed E-state index contributed by atoms with van der Waals surface area (Å²) in [5, 5.41) is 0. The highest BCUT2D eigenvalue weighted by molar-refractivity contribution is 5.95. The van der Waals surface area contributed by atoms with Crippen LogP contribution < -0.4 is 5.69 Å². The highest BCUT2D eigenvalue weighted by Crippen LogP contribution is 2.33. The number of ketones is 1. The van der Waals surface area contributed by atoms with Crippen LogP contribution in [0.2, 0.25) is 0 Å². The average Bonchev–Trinajstić information content (AvgIpc) is 3.07. The van der Waals surface area contributed by atoms with E-state index in [2.05, 4.69) is 4.74 Å². The Morgan fingerprint density at radius 1 is 1.39 bits per heavy atom. The Kier molecular flexibility index (Phi) is 3.64. The van der Waals surface area contributed by atoms with Gasteiger partial charge in [-0.05, 0) is 19.8 Å². The third kappa shape index (κ3) is 2.88. The second-order valence-corrected chi connectivity index (χ2v) is 4.37. The Labute approximate surface area is 104 Å². The van der Waals surface area contributed by atoms with Crippen molar-refractivity contribution < 1.29 is 14.3 Å². The van der Waals surface area contributed by atoms with E-state index in [4.69, 9.17) is 0 Å². The Morgan fingerprint density at radius 2 is 2.11 bits per heavy atom. The number of esters is 1. The Balaban J connectivity index is 1.95. The molecule has 0 aliphatic heterocycles. The number of carbonyl (C=O) groups is 2. The number of rotatable bonds is 6. The molecular formula is C12H16N2O4. The molecule has 0 atom stereocenters. The van der Waals surface area contributed by atoms with Crippen LogP contribution in [0.4, 0.5) is 0 Å². The number of Topliss-reactive ketones (excluding diaryl/α,β-unsaturated/α-hetero) is 1. The van der Waals surface area contributed by atoms with E-state index in [-0.39, 0.29) is 31.0 Å². The second kappa shape index (κ2) is 5.20. The molecule has 1 heterocycles. The van der Waals surface area contributed by atoms with Gasteiger partial charge in [0.1, 0.15) is 6.42 Å². The molecule has 6 nitrogen and oxygen atoms in total. The fourth-order valence-electron chi connectivity index (χ4n) is 1.80. The monoisotopic (exact) mass is 252 g/mol. The summed E-state index contributed by atoms with van der Waals surface area (Å²) in [4.78, 5) is 34.5. The minimum absolute atomic E-state index is 0.0721. The summed E-state index contributed by atoms with van der Waals surface area (Å²) in [6, 6.07) is 0.291. The summed E-state index contributed by atoms with van der Waals surface area (Å²) >= 11 is 0. The maximum atomic E-state index is 11.9. The first-order valence-electron chi connectivity index (χ1n) is 6.06. The van der Waals surface area contributed by atoms with Gasteiger partial charge in [-0.2, -0.15) is 0 Å². The van der Waals surface area contributed by atoms with Gasteiger partial charge in [-0.3, -0.25) is 18.7 Å². The van der Waals surface area contributed by atoms with Gasteiger partial charge >= 0.3 is 11.7 Å². The molecule has 0 radical (unpaired) electrons. The van der Waals surface area contributed by atoms with E-state index in [9.17, 15) is 14.4 Å². The molecule has 1 aromatic heterocycles. The molecule has 6 heteroatoms. The molecule has 0 spiro atoms. The maximum Gasteiger partial charge on any atom is 0.328 e. The van der Waals surface area contributed by atoms with E-state index in [0.29, 0.717) is 6.04 Å². The van der Waals surface area contributed by atoms with E-state index in [1.165, 1.54) is 4.57 Å². The van der Waals surface area contributed by atoms with E-state index >= 15 is 0 Å². The standard InChI is InChI=1S/C12H16N2O4/c1-2-18-11(16)7-10(15)8-13-5-6-14(12(13)17)9-3-4-9/h5-6,9H,2-4,7-8H2,1H3. The molecule has 1 fully saturated rings. The molecule has 1 aromatic rings. The normalized spacial score (nSPS) is 14.5. The van der Waals surface area contributed by atoms with Gasteiger partial charge in [0.25, 0.3) is 0 Å². The lowest BCUT2D eigenvalue weighted by Crippen LogP contribution is -2.27. The van der Waals surface area contributed by atoms with Crippen molar-refractivity contribution in [1.29, 1.82) is 0 Å². The van der Waals surface area contributed by atoms with E-state index in [0.717, 1.165) is 12.8 Å². The number of hydrogen-bond acceptors (Lipinski definition) is 4. The van der Waals surface area contributed by atoms with Gasteiger partial charge in [0.2, 0.25) is 0 Å². The zero-order valence-electron chi connectivity index (χ0n) is 10.3. The summed E-state index contributed by atoms with van der Waals surface area (Å²) in [5.41, 5.74) is -0.185. The Hall–Kier alpha value is -1.85. The molecule has 18 heavy (non-hydrogen) atoms. The minimum Gasteiger partial charge on any atom is -0.466 e. The second-order valence-electron chi connectivity index (χ2n) is 4.37. The number of hydrogen-bond donors (Lipinski definition) is 0. The Bertz CT molecular complexity index is 510. The summed E-state index contributed by atoms with van der Waals surface area (Å²) in [6.45, 7) is 1.87. The van der Waals surface area contributed by atoms with Crippen LogP contribution in [0.25, 0.3) is 0 Å². The number of aromatic nitrogens is 2. The third-order valence-corrected chi connectivity index (χ3v) is 2.81. The van der Waals surface area contributed by atoms with Crippen molar-refractivity contribution in [3.8, 4) is 0 Å². The van der Waals surface area contributed by atoms with Crippen LogP contribution in [0.5, 0.6) is 0 Å². The lowest BCUT2D eigenvalue weighted by molar-refractivity contribution is -0.145. The largest absolute Gasteiger partial charge is 0.466 e. The first-order chi connectivity index (χ1) is 8.61. The van der Waals surface area contributed by atoms with Gasteiger partial charge in [-0.15, -0.1) is 0 Å². The highest BCUT2D eigenvalue weighted by atomic mass is 16.5. The predicted molar refractivity (Wildman–Crippen MR) is 63.2 cm³/mol. The lowest BCUT2D eigenvalue weighted by Gasteiger charge is -2.02. The van der Waals surface area contributed by atoms with Gasteiger partial charge in [-0.1, -0.05) is 0 Å². The molecule has 0 N–H and O–H groups in total. The van der Waals surface area contributed by atoms with E-state index < -0.39 is 5.97 Å². The first-order valence-corrected chi connectivity index (χ1v) is 6.06. The molecule has 0 unspecified atom stereocenters. The topological polar surface area (TPSA) is 70.3 Å². The number of carbonyl (C=O) groups excluding carboxylic acids is 2. The fourth-order valence-corrected chi connectivity index (χ4v) is 1.80. The summed E-state index contributed by atoms with van der Waals surface area (Å²) in [6.07, 6.45) is 5.03. The third-order valence-electron chi connectivity index (χ3n) is 2.81. The van der Waals surface area contributed by atoms with E-state index in [1.54, 1.807) is 23.9 Å². The molecule has 0 saturated heterocycles. The number of nitrogens with zero attached hydrogens (tertiary/aromatic N) is 2. The minimum atomic E-state index is -0.544. The quantitative estimate of drug-likeness (QED) is 0.546. The molecule has 0 amide bonds. The van der Waals surface area contributed by atoms with Gasteiger partial charge in [0.15, 0.2) is 5.78 Å². The average molecular weight is 252 g/mol. The SMILES string of the molecule is CCOC(=O)CC(=O)Cn1ccn(C2CC2)c1=O. The number of ether oxygens (including phenoxy) is 1. The molecule has 2 rings (SSSR count). The molecular weight excluding hydrogens is 236 g/mol. The van der Waals surface area contributed by atoms with Crippen molar-refractivity contribution >= 4 is 11.8 Å². The van der Waals surface area contributed by atoms with Crippen molar-refractivity contribution in [2.24, 2.45) is 0 Å². The first kappa shape index (κ1) is 12.6. The van der Waals surface area contributed by atoms with Crippen LogP contribution in [-0.4, -0.2) is 27.5 Å². The molecule has 98 valence electrons. The van der Waals surface area contributed by atoms with Crippen LogP contribution in [0.3, 0.4) is 0 Å². The fraction of sp³-hybridized carbons (Fsp3) is 0.583. The van der Waals surface area contributed by atoms with Crippen molar-refractivity contribution in [2.45, 2.75) is 38.8 Å². The van der Waals surface area contributed by atoms with Crippen molar-refractivity contribution in [3.63, 3.8) is 0 Å². The van der Waals surface area contributed by atoms with Crippen LogP contribution in [0.15, 0.2) is 17.2 Å². The zero-order chi connectivity index (χ0) is 13.1. The molecule has 1 aliphatic rings. The molecule has 0 bridgehead atoms. The van der Waals surface area contributed by atoms with Gasteiger partial charge in [-0.25, -0.2) is 4.79 Å². The molecule has 1 saturated carbocycles. The summed E-state index contributed by atoms with van der Waals surface area (Å²) < 4.78 is 7.65. The van der Waals surface area contributed by atoms with Crippen molar-refractivity contribution in [2.75, 3.05) is 6.61 Å². The highest BCUT2D eigenvalue weighted by Gasteiger charge is 2.25. The number of imidazole rings is 1. The van der Waals surface area contributed by atoms with Gasteiger partial charge in [0.05, 0.1) is 13.2 Å². The lowest BCUT2D eigenvalue weighted by atomic mass is 10.3. The molecule has 0 aromatic carbocycles. The molecule has 1 aliphatic carbocycles. The van der Waals surface area contributed by atoms with Gasteiger partial charge < -0.3 is 4.74 Å². The smallest absolute Gasteiger partial charge is 0.328 e. The van der Waals surface area contributed by atoms with E-state index in [1.807, 2.05) is 0 Å². The van der Waals surface area contributed by atoms with Crippen molar-refractivity contribution in [1.82, 2.24) is 9.13 Å². The van der Waals surface area contributed by atoms with Crippen LogP contribution in [-0.2, 0) is 20.9 Å². The Morgan fingerprint density at radius 3 is 2.72 bits per heavy atom. The predicted octanol–water partition coefficient (Wildman–Crippen LogP) is 0.507. The zero-order valence-corrected chi connectivity index (χ0v) is 10.3. The van der Waals surface area contributed by atoms with Crippen LogP contribution >= 0.6 is 0 Å². The summed E-state index contributed by atoms with van der Waals surface area (Å²) in [7, 11) is 0. The summed E-state index contributed by atoms with van der Waals surface area (Å²) in [5.74, 6) is -0.860. The maximum absolute atomic E-state index is 11.9.